The van der Waals surface area contributed by atoms with E-state index in [1.54, 1.807) is 0 Å². The van der Waals surface area contributed by atoms with Gasteiger partial charge in [-0.2, -0.15) is 4.57 Å². The van der Waals surface area contributed by atoms with Gasteiger partial charge in [-0.05, 0) is 71.7 Å². The van der Waals surface area contributed by atoms with Gasteiger partial charge in [0.05, 0.1) is 0 Å². The van der Waals surface area contributed by atoms with Crippen LogP contribution in [0.3, 0.4) is 0 Å². The van der Waals surface area contributed by atoms with Crippen LogP contribution in [0.15, 0.2) is 187 Å². The van der Waals surface area contributed by atoms with E-state index in [0.29, 0.717) is 11.1 Å². The van der Waals surface area contributed by atoms with Gasteiger partial charge in [-0.25, -0.2) is 0 Å². The molecule has 3 heteroatoms. The molecule has 5 aromatic carbocycles. The molecular weight excluding hydrogens is 633 g/mol. The maximum Gasteiger partial charge on any atom is 0.219 e. The molecule has 3 nitrogen and oxygen atoms in total. The minimum Gasteiger partial charge on any atom is -0.347 e. The minimum absolute atomic E-state index is 0.00201. The largest absolute Gasteiger partial charge is 0.347 e. The molecule has 1 aliphatic heterocycles. The van der Waals surface area contributed by atoms with Gasteiger partial charge in [0.2, 0.25) is 17.1 Å². The lowest BCUT2D eigenvalue weighted by atomic mass is 9.83. The molecule has 0 saturated carbocycles. The fourth-order valence-electron chi connectivity index (χ4n) is 7.62. The number of pyridine rings is 1. The Labute approximate surface area is 306 Å². The van der Waals surface area contributed by atoms with Crippen molar-refractivity contribution in [1.29, 1.82) is 0 Å². The first-order valence-electron chi connectivity index (χ1n) is 17.9. The predicted octanol–water partition coefficient (Wildman–Crippen LogP) is 11.0. The van der Waals surface area contributed by atoms with Gasteiger partial charge in [0.1, 0.15) is 0 Å². The zero-order chi connectivity index (χ0) is 35.8. The zero-order valence-corrected chi connectivity index (χ0v) is 30.0. The number of rotatable bonds is 6. The molecule has 0 unspecified atom stereocenters. The Hall–Kier alpha value is -6.32. The highest BCUT2D eigenvalue weighted by Gasteiger charge is 2.38. The van der Waals surface area contributed by atoms with Crippen molar-refractivity contribution in [3.63, 3.8) is 0 Å². The minimum atomic E-state index is -0.216. The van der Waals surface area contributed by atoms with E-state index in [-0.39, 0.29) is 11.2 Å². The number of hydrogen-bond donors (Lipinski definition) is 0. The predicted molar refractivity (Wildman–Crippen MR) is 215 cm³/mol. The zero-order valence-electron chi connectivity index (χ0n) is 30.0. The summed E-state index contributed by atoms with van der Waals surface area (Å²) in [5.41, 5.74) is 14.2. The van der Waals surface area contributed by atoms with Gasteiger partial charge in [0.15, 0.2) is 5.78 Å². The highest BCUT2D eigenvalue weighted by molar-refractivity contribution is 6.32. The van der Waals surface area contributed by atoms with Gasteiger partial charge in [-0.3, -0.25) is 4.79 Å². The van der Waals surface area contributed by atoms with Gasteiger partial charge >= 0.3 is 0 Å². The molecule has 1 aromatic heterocycles. The number of benzene rings is 5. The standard InChI is InChI=1S/C49H41N2O/c1-34-24-26-35(27-25-34)40-31-45(37-18-10-6-11-19-37)51(46(32-40)38-20-12-7-13-21-38)41-30-39(48(52)42(33-41)36-16-8-5-9-17-36)28-29-47-49(2,3)43-22-14-15-23-44(43)50(47)4/h5-33H,1-4H3/q+1/b39-28-,47-29-. The summed E-state index contributed by atoms with van der Waals surface area (Å²) >= 11 is 0. The van der Waals surface area contributed by atoms with Gasteiger partial charge < -0.3 is 4.90 Å². The number of Topliss-reactive ketones (excluding diaryl/α,β-unsaturated/α-hetero) is 1. The van der Waals surface area contributed by atoms with Crippen LogP contribution in [0.5, 0.6) is 0 Å². The molecule has 252 valence electrons. The van der Waals surface area contributed by atoms with Crippen LogP contribution in [0.2, 0.25) is 0 Å². The van der Waals surface area contributed by atoms with E-state index in [0.717, 1.165) is 50.6 Å². The Morgan fingerprint density at radius 1 is 0.577 bits per heavy atom. The van der Waals surface area contributed by atoms with E-state index in [1.165, 1.54) is 16.8 Å². The molecule has 1 aliphatic carbocycles. The summed E-state index contributed by atoms with van der Waals surface area (Å²) in [6.07, 6.45) is 8.28. The monoisotopic (exact) mass is 673 g/mol. The van der Waals surface area contributed by atoms with Crippen LogP contribution in [-0.4, -0.2) is 12.8 Å². The molecule has 2 aliphatic rings. The Morgan fingerprint density at radius 3 is 1.69 bits per heavy atom. The number of nitrogens with zero attached hydrogens (tertiary/aromatic N) is 2. The van der Waals surface area contributed by atoms with E-state index in [9.17, 15) is 4.79 Å². The van der Waals surface area contributed by atoms with Crippen molar-refractivity contribution in [2.75, 3.05) is 11.9 Å². The molecule has 8 rings (SSSR count). The molecular formula is C49H41N2O+. The fraction of sp³-hybridized carbons (Fsp3) is 0.102. The Kier molecular flexibility index (Phi) is 8.48. The number of hydrogen-bond acceptors (Lipinski definition) is 2. The number of para-hydroxylation sites is 1. The number of likely N-dealkylation sites (N-methyl/N-ethyl adjacent to an activating group) is 1. The normalized spacial score (nSPS) is 16.5. The summed E-state index contributed by atoms with van der Waals surface area (Å²) < 4.78 is 2.32. The summed E-state index contributed by atoms with van der Waals surface area (Å²) in [5.74, 6) is 0.00201. The quantitative estimate of drug-likeness (QED) is 0.130. The average molecular weight is 674 g/mol. The summed E-state index contributed by atoms with van der Waals surface area (Å²) in [5, 5.41) is 0. The summed E-state index contributed by atoms with van der Waals surface area (Å²) in [4.78, 5) is 16.8. The topological polar surface area (TPSA) is 24.2 Å². The fourth-order valence-corrected chi connectivity index (χ4v) is 7.62. The second kappa shape index (κ2) is 13.4. The highest BCUT2D eigenvalue weighted by atomic mass is 16.1. The Balaban J connectivity index is 1.39. The molecule has 0 spiro atoms. The Bertz CT molecular complexity index is 2370. The van der Waals surface area contributed by atoms with Crippen LogP contribution < -0.4 is 9.47 Å². The third kappa shape index (κ3) is 5.95. The third-order valence-electron chi connectivity index (χ3n) is 10.4. The smallest absolute Gasteiger partial charge is 0.219 e. The van der Waals surface area contributed by atoms with Crippen molar-refractivity contribution in [2.24, 2.45) is 0 Å². The number of anilines is 1. The number of carbonyl (C=O) groups excluding carboxylic acids is 1. The van der Waals surface area contributed by atoms with Gasteiger partial charge in [0.25, 0.3) is 0 Å². The number of allylic oxidation sites excluding steroid dienone is 8. The number of fused-ring (bicyclic) bond motifs is 1. The lowest BCUT2D eigenvalue weighted by Crippen LogP contribution is -2.38. The summed E-state index contributed by atoms with van der Waals surface area (Å²) in [6, 6.07) is 52.9. The van der Waals surface area contributed by atoms with Crippen LogP contribution in [0, 0.1) is 6.92 Å². The number of ketones is 1. The van der Waals surface area contributed by atoms with Crippen molar-refractivity contribution in [3.8, 4) is 33.6 Å². The van der Waals surface area contributed by atoms with Crippen LogP contribution in [0.4, 0.5) is 5.69 Å². The number of aryl methyl sites for hydroxylation is 1. The molecule has 0 amide bonds. The van der Waals surface area contributed by atoms with Crippen LogP contribution in [-0.2, 0) is 10.2 Å². The number of carbonyl (C=O) groups is 1. The third-order valence-corrected chi connectivity index (χ3v) is 10.4. The second-order valence-electron chi connectivity index (χ2n) is 14.1. The highest BCUT2D eigenvalue weighted by Crippen LogP contribution is 2.46. The van der Waals surface area contributed by atoms with E-state index in [4.69, 9.17) is 0 Å². The first-order valence-corrected chi connectivity index (χ1v) is 17.9. The van der Waals surface area contributed by atoms with Crippen molar-refractivity contribution in [1.82, 2.24) is 0 Å². The second-order valence-corrected chi connectivity index (χ2v) is 14.1. The molecule has 0 radical (unpaired) electrons. The molecule has 0 saturated heterocycles. The maximum absolute atomic E-state index is 14.5. The van der Waals surface area contributed by atoms with Crippen molar-refractivity contribution >= 4 is 22.7 Å². The van der Waals surface area contributed by atoms with Crippen molar-refractivity contribution in [2.45, 2.75) is 26.2 Å². The molecule has 0 fully saturated rings. The SMILES string of the molecule is Cc1ccc(-c2cc(-c3ccccc3)[n+](C3=C/C(=C/C=C4\N(C)c5ccccc5C4(C)C)C(=O)C(c4ccccc4)=C3)c(-c3ccccc3)c2)cc1. The Morgan fingerprint density at radius 2 is 1.12 bits per heavy atom. The summed E-state index contributed by atoms with van der Waals surface area (Å²) in [6.45, 7) is 6.62. The van der Waals surface area contributed by atoms with Gasteiger partial charge in [0, 0.05) is 70.4 Å². The van der Waals surface area contributed by atoms with Gasteiger partial charge in [-0.1, -0.05) is 129 Å². The lowest BCUT2D eigenvalue weighted by Gasteiger charge is -2.24. The molecule has 2 heterocycles. The first-order chi connectivity index (χ1) is 25.3. The lowest BCUT2D eigenvalue weighted by molar-refractivity contribution is -0.554. The maximum atomic E-state index is 14.5. The van der Waals surface area contributed by atoms with E-state index >= 15 is 0 Å². The average Bonchev–Trinajstić information content (AvgIpc) is 3.38. The van der Waals surface area contributed by atoms with Crippen LogP contribution in [0.1, 0.15) is 30.5 Å². The molecule has 0 bridgehead atoms. The van der Waals surface area contributed by atoms with E-state index in [2.05, 4.69) is 177 Å². The first kappa shape index (κ1) is 32.9. The molecule has 6 aromatic rings. The van der Waals surface area contributed by atoms with E-state index in [1.807, 2.05) is 36.4 Å². The van der Waals surface area contributed by atoms with Crippen LogP contribution in [0.25, 0.3) is 44.9 Å². The van der Waals surface area contributed by atoms with Crippen LogP contribution >= 0.6 is 0 Å². The van der Waals surface area contributed by atoms with Gasteiger partial charge in [-0.15, -0.1) is 0 Å². The number of aromatic nitrogens is 1. The molecule has 0 atom stereocenters. The van der Waals surface area contributed by atoms with Crippen molar-refractivity contribution in [3.05, 3.63) is 204 Å². The summed E-state index contributed by atoms with van der Waals surface area (Å²) in [7, 11) is 2.11. The van der Waals surface area contributed by atoms with Crippen molar-refractivity contribution < 1.29 is 9.36 Å². The molecule has 0 N–H and O–H groups in total. The van der Waals surface area contributed by atoms with E-state index < -0.39 is 0 Å². The molecule has 52 heavy (non-hydrogen) atoms.